The molecule has 1 aromatic rings. The first-order valence-electron chi connectivity index (χ1n) is 7.75. The van der Waals surface area contributed by atoms with Crippen molar-refractivity contribution >= 4 is 17.7 Å². The summed E-state index contributed by atoms with van der Waals surface area (Å²) in [6.07, 6.45) is 0.865. The summed E-state index contributed by atoms with van der Waals surface area (Å²) in [4.78, 5) is 24.0. The number of carbonyl (C=O) groups excluding carboxylic acids is 1. The Morgan fingerprint density at radius 3 is 2.26 bits per heavy atom. The third-order valence-electron chi connectivity index (χ3n) is 4.42. The van der Waals surface area contributed by atoms with Crippen LogP contribution >= 0.6 is 0 Å². The van der Waals surface area contributed by atoms with Gasteiger partial charge in [-0.05, 0) is 26.7 Å². The van der Waals surface area contributed by atoms with Gasteiger partial charge < -0.3 is 14.9 Å². The summed E-state index contributed by atoms with van der Waals surface area (Å²) in [5.74, 6) is -1.56. The highest BCUT2D eigenvalue weighted by Crippen LogP contribution is 2.35. The second-order valence-electron chi connectivity index (χ2n) is 7.34. The molecule has 23 heavy (non-hydrogen) atoms. The highest BCUT2D eigenvalue weighted by Gasteiger charge is 2.37. The molecule has 1 heterocycles. The molecule has 6 heteroatoms. The standard InChI is InChI=1S/C17H24N2O4/c1-9-6-11(12(16(21)22)7-10(9)2)15(20)18-14-8-13(23-19-14)17(3,4)5/h8,11-12H,6-7H2,1-5H3,(H,21,22)(H,18,19,20). The van der Waals surface area contributed by atoms with Crippen molar-refractivity contribution in [3.63, 3.8) is 0 Å². The van der Waals surface area contributed by atoms with E-state index in [1.165, 1.54) is 0 Å². The van der Waals surface area contributed by atoms with Gasteiger partial charge in [0.15, 0.2) is 5.82 Å². The van der Waals surface area contributed by atoms with Gasteiger partial charge in [0.1, 0.15) is 5.76 Å². The molecule has 1 amide bonds. The Bertz CT molecular complexity index is 652. The minimum absolute atomic E-state index is 0.207. The molecule has 0 saturated carbocycles. The van der Waals surface area contributed by atoms with Crippen molar-refractivity contribution < 1.29 is 19.2 Å². The molecule has 2 atom stereocenters. The fourth-order valence-corrected chi connectivity index (χ4v) is 2.73. The van der Waals surface area contributed by atoms with Gasteiger partial charge in [-0.3, -0.25) is 9.59 Å². The number of hydrogen-bond donors (Lipinski definition) is 2. The molecule has 0 spiro atoms. The van der Waals surface area contributed by atoms with Gasteiger partial charge in [-0.15, -0.1) is 0 Å². The van der Waals surface area contributed by atoms with Gasteiger partial charge in [0.2, 0.25) is 5.91 Å². The molecule has 2 unspecified atom stereocenters. The zero-order chi connectivity index (χ0) is 17.4. The molecule has 0 fully saturated rings. The van der Waals surface area contributed by atoms with Crippen LogP contribution in [0.3, 0.4) is 0 Å². The van der Waals surface area contributed by atoms with Gasteiger partial charge in [0.05, 0.1) is 11.8 Å². The molecule has 0 bridgehead atoms. The van der Waals surface area contributed by atoms with E-state index < -0.39 is 17.8 Å². The number of carbonyl (C=O) groups is 2. The first-order valence-corrected chi connectivity index (χ1v) is 7.75. The van der Waals surface area contributed by atoms with Crippen LogP contribution in [-0.2, 0) is 15.0 Å². The second-order valence-corrected chi connectivity index (χ2v) is 7.34. The number of allylic oxidation sites excluding steroid dienone is 2. The lowest BCUT2D eigenvalue weighted by Crippen LogP contribution is -2.36. The quantitative estimate of drug-likeness (QED) is 0.833. The molecule has 126 valence electrons. The van der Waals surface area contributed by atoms with E-state index in [4.69, 9.17) is 4.52 Å². The Hall–Kier alpha value is -2.11. The number of hydrogen-bond acceptors (Lipinski definition) is 4. The predicted octanol–water partition coefficient (Wildman–Crippen LogP) is 3.36. The lowest BCUT2D eigenvalue weighted by Gasteiger charge is -2.29. The van der Waals surface area contributed by atoms with Gasteiger partial charge in [0, 0.05) is 11.5 Å². The highest BCUT2D eigenvalue weighted by molar-refractivity contribution is 5.94. The number of aromatic nitrogens is 1. The van der Waals surface area contributed by atoms with Gasteiger partial charge >= 0.3 is 5.97 Å². The van der Waals surface area contributed by atoms with Crippen LogP contribution in [0.4, 0.5) is 5.82 Å². The summed E-state index contributed by atoms with van der Waals surface area (Å²) in [7, 11) is 0. The Morgan fingerprint density at radius 1 is 1.22 bits per heavy atom. The van der Waals surface area contributed by atoms with Crippen molar-refractivity contribution in [2.75, 3.05) is 5.32 Å². The molecule has 0 aromatic carbocycles. The summed E-state index contributed by atoms with van der Waals surface area (Å²) in [6, 6.07) is 1.68. The summed E-state index contributed by atoms with van der Waals surface area (Å²) in [5, 5.41) is 16.0. The predicted molar refractivity (Wildman–Crippen MR) is 86.1 cm³/mol. The third kappa shape index (κ3) is 3.81. The lowest BCUT2D eigenvalue weighted by molar-refractivity contribution is -0.146. The molecule has 0 saturated heterocycles. The number of rotatable bonds is 3. The third-order valence-corrected chi connectivity index (χ3v) is 4.42. The molecule has 6 nitrogen and oxygen atoms in total. The second kappa shape index (κ2) is 6.18. The average molecular weight is 320 g/mol. The largest absolute Gasteiger partial charge is 0.481 e. The number of nitrogens with one attached hydrogen (secondary N) is 1. The van der Waals surface area contributed by atoms with Crippen LogP contribution in [0.25, 0.3) is 0 Å². The van der Waals surface area contributed by atoms with Gasteiger partial charge in [-0.2, -0.15) is 0 Å². The maximum absolute atomic E-state index is 12.5. The maximum Gasteiger partial charge on any atom is 0.307 e. The van der Waals surface area contributed by atoms with Crippen LogP contribution in [0.1, 0.15) is 53.2 Å². The Morgan fingerprint density at radius 2 is 1.78 bits per heavy atom. The van der Waals surface area contributed by atoms with E-state index >= 15 is 0 Å². The monoisotopic (exact) mass is 320 g/mol. The number of aliphatic carboxylic acids is 1. The van der Waals surface area contributed by atoms with Crippen LogP contribution in [-0.4, -0.2) is 22.1 Å². The Balaban J connectivity index is 2.16. The van der Waals surface area contributed by atoms with Crippen molar-refractivity contribution in [2.45, 2.75) is 52.9 Å². The number of carboxylic acid groups (broad SMARTS) is 1. The van der Waals surface area contributed by atoms with Crippen molar-refractivity contribution in [3.8, 4) is 0 Å². The Labute approximate surface area is 135 Å². The average Bonchev–Trinajstić information content (AvgIpc) is 2.89. The number of carboxylic acids is 1. The van der Waals surface area contributed by atoms with E-state index in [1.807, 2.05) is 34.6 Å². The van der Waals surface area contributed by atoms with E-state index in [-0.39, 0.29) is 11.3 Å². The van der Waals surface area contributed by atoms with Crippen molar-refractivity contribution in [2.24, 2.45) is 11.8 Å². The number of amides is 1. The molecule has 2 rings (SSSR count). The van der Waals surface area contributed by atoms with E-state index in [0.717, 1.165) is 11.1 Å². The minimum Gasteiger partial charge on any atom is -0.481 e. The summed E-state index contributed by atoms with van der Waals surface area (Å²) >= 11 is 0. The fraction of sp³-hybridized carbons (Fsp3) is 0.588. The van der Waals surface area contributed by atoms with Gasteiger partial charge in [-0.1, -0.05) is 37.1 Å². The smallest absolute Gasteiger partial charge is 0.307 e. The highest BCUT2D eigenvalue weighted by atomic mass is 16.5. The van der Waals surface area contributed by atoms with E-state index in [1.54, 1.807) is 6.07 Å². The molecular weight excluding hydrogens is 296 g/mol. The minimum atomic E-state index is -0.937. The molecular formula is C17H24N2O4. The van der Waals surface area contributed by atoms with Crippen LogP contribution in [0.15, 0.2) is 21.7 Å². The first kappa shape index (κ1) is 17.2. The zero-order valence-corrected chi connectivity index (χ0v) is 14.3. The van der Waals surface area contributed by atoms with Crippen molar-refractivity contribution in [3.05, 3.63) is 23.0 Å². The van der Waals surface area contributed by atoms with Crippen molar-refractivity contribution in [1.29, 1.82) is 0 Å². The zero-order valence-electron chi connectivity index (χ0n) is 14.3. The lowest BCUT2D eigenvalue weighted by atomic mass is 9.76. The maximum atomic E-state index is 12.5. The van der Waals surface area contributed by atoms with Crippen LogP contribution in [0, 0.1) is 11.8 Å². The van der Waals surface area contributed by atoms with Gasteiger partial charge in [0.25, 0.3) is 0 Å². The molecule has 1 aliphatic rings. The molecule has 1 aromatic heterocycles. The summed E-state index contributed by atoms with van der Waals surface area (Å²) < 4.78 is 5.24. The van der Waals surface area contributed by atoms with E-state index in [9.17, 15) is 14.7 Å². The van der Waals surface area contributed by atoms with E-state index in [2.05, 4.69) is 10.5 Å². The normalized spacial score (nSPS) is 22.1. The molecule has 0 aliphatic heterocycles. The van der Waals surface area contributed by atoms with Crippen LogP contribution < -0.4 is 5.32 Å². The number of anilines is 1. The summed E-state index contributed by atoms with van der Waals surface area (Å²) in [5.41, 5.74) is 1.93. The number of nitrogens with zero attached hydrogens (tertiary/aromatic N) is 1. The van der Waals surface area contributed by atoms with Crippen molar-refractivity contribution in [1.82, 2.24) is 5.16 Å². The Kier molecular flexibility index (Phi) is 4.63. The molecule has 0 radical (unpaired) electrons. The van der Waals surface area contributed by atoms with Crippen LogP contribution in [0.5, 0.6) is 0 Å². The summed E-state index contributed by atoms with van der Waals surface area (Å²) in [6.45, 7) is 9.82. The SMILES string of the molecule is CC1=C(C)CC(C(=O)Nc2cc(C(C)(C)C)on2)C(C(=O)O)C1. The topological polar surface area (TPSA) is 92.4 Å². The van der Waals surface area contributed by atoms with Gasteiger partial charge in [-0.25, -0.2) is 0 Å². The van der Waals surface area contributed by atoms with Crippen LogP contribution in [0.2, 0.25) is 0 Å². The fourth-order valence-electron chi connectivity index (χ4n) is 2.73. The van der Waals surface area contributed by atoms with E-state index in [0.29, 0.717) is 24.4 Å². The molecule has 2 N–H and O–H groups in total. The first-order chi connectivity index (χ1) is 10.6. The molecule has 1 aliphatic carbocycles.